The normalized spacial score (nSPS) is 11.1. The van der Waals surface area contributed by atoms with Crippen molar-refractivity contribution < 1.29 is 4.74 Å². The second-order valence-corrected chi connectivity index (χ2v) is 6.60. The molecule has 5 rings (SSSR count). The van der Waals surface area contributed by atoms with Gasteiger partial charge in [-0.25, -0.2) is 0 Å². The van der Waals surface area contributed by atoms with E-state index in [2.05, 4.69) is 15.5 Å². The molecule has 2 heterocycles. The largest absolute Gasteiger partial charge is 0.496 e. The maximum atomic E-state index is 5.81. The van der Waals surface area contributed by atoms with Crippen molar-refractivity contribution >= 4 is 33.6 Å². The van der Waals surface area contributed by atoms with Crippen LogP contribution in [-0.4, -0.2) is 26.9 Å². The number of rotatable bonds is 4. The summed E-state index contributed by atoms with van der Waals surface area (Å²) in [5, 5.41) is 18.9. The smallest absolute Gasteiger partial charge is 0.189 e. The SMILES string of the molecule is COc1ccccc1-c1nnc2c3ccccc3c(Nc3ccc(N)cc3)nn12. The molecular weight excluding hydrogens is 364 g/mol. The highest BCUT2D eigenvalue weighted by molar-refractivity contribution is 6.01. The number of hydrogen-bond donors (Lipinski definition) is 2. The molecule has 0 aliphatic carbocycles. The van der Waals surface area contributed by atoms with Gasteiger partial charge in [0.25, 0.3) is 0 Å². The molecule has 0 amide bonds. The predicted octanol–water partition coefficient (Wildman–Crippen LogP) is 4.28. The van der Waals surface area contributed by atoms with Crippen molar-refractivity contribution in [2.75, 3.05) is 18.2 Å². The zero-order chi connectivity index (χ0) is 19.8. The summed E-state index contributed by atoms with van der Waals surface area (Å²) >= 11 is 0. The van der Waals surface area contributed by atoms with Gasteiger partial charge in [0.15, 0.2) is 17.3 Å². The van der Waals surface area contributed by atoms with Crippen molar-refractivity contribution in [3.05, 3.63) is 72.8 Å². The van der Waals surface area contributed by atoms with E-state index in [1.54, 1.807) is 11.6 Å². The fourth-order valence-corrected chi connectivity index (χ4v) is 3.37. The summed E-state index contributed by atoms with van der Waals surface area (Å²) in [5.41, 5.74) is 8.92. The first kappa shape index (κ1) is 17.0. The van der Waals surface area contributed by atoms with Crippen LogP contribution >= 0.6 is 0 Å². The summed E-state index contributed by atoms with van der Waals surface area (Å²) < 4.78 is 7.26. The average molecular weight is 382 g/mol. The zero-order valence-corrected chi connectivity index (χ0v) is 15.7. The van der Waals surface area contributed by atoms with Crippen LogP contribution in [-0.2, 0) is 0 Å². The van der Waals surface area contributed by atoms with Gasteiger partial charge in [-0.2, -0.15) is 4.52 Å². The van der Waals surface area contributed by atoms with Crippen LogP contribution in [0.25, 0.3) is 27.8 Å². The fraction of sp³-hybridized carbons (Fsp3) is 0.0455. The minimum atomic E-state index is 0.614. The van der Waals surface area contributed by atoms with Gasteiger partial charge < -0.3 is 15.8 Å². The number of fused-ring (bicyclic) bond motifs is 3. The van der Waals surface area contributed by atoms with Gasteiger partial charge in [-0.05, 0) is 36.4 Å². The number of nitrogens with one attached hydrogen (secondary N) is 1. The maximum Gasteiger partial charge on any atom is 0.189 e. The molecule has 3 N–H and O–H groups in total. The lowest BCUT2D eigenvalue weighted by molar-refractivity contribution is 0.416. The third-order valence-corrected chi connectivity index (χ3v) is 4.79. The number of hydrogen-bond acceptors (Lipinski definition) is 6. The van der Waals surface area contributed by atoms with Crippen LogP contribution in [0.2, 0.25) is 0 Å². The van der Waals surface area contributed by atoms with Crippen LogP contribution in [0.1, 0.15) is 0 Å². The number of anilines is 3. The van der Waals surface area contributed by atoms with E-state index in [-0.39, 0.29) is 0 Å². The predicted molar refractivity (Wildman–Crippen MR) is 114 cm³/mol. The van der Waals surface area contributed by atoms with Crippen LogP contribution in [0.3, 0.4) is 0 Å². The molecule has 5 aromatic rings. The summed E-state index contributed by atoms with van der Waals surface area (Å²) in [6, 6.07) is 23.2. The highest BCUT2D eigenvalue weighted by Gasteiger charge is 2.17. The minimum Gasteiger partial charge on any atom is -0.496 e. The summed E-state index contributed by atoms with van der Waals surface area (Å²) in [4.78, 5) is 0. The van der Waals surface area contributed by atoms with Crippen molar-refractivity contribution in [1.82, 2.24) is 19.8 Å². The first-order valence-corrected chi connectivity index (χ1v) is 9.15. The van der Waals surface area contributed by atoms with Gasteiger partial charge in [-0.1, -0.05) is 36.4 Å². The molecule has 7 heteroatoms. The van der Waals surface area contributed by atoms with Gasteiger partial charge in [0.2, 0.25) is 0 Å². The Hall–Kier alpha value is -4.13. The number of aromatic nitrogens is 4. The summed E-state index contributed by atoms with van der Waals surface area (Å²) in [5.74, 6) is 2.03. The van der Waals surface area contributed by atoms with Crippen LogP contribution in [0.4, 0.5) is 17.2 Å². The lowest BCUT2D eigenvalue weighted by Gasteiger charge is -2.11. The summed E-state index contributed by atoms with van der Waals surface area (Å²) in [6.07, 6.45) is 0. The molecule has 0 bridgehead atoms. The van der Waals surface area contributed by atoms with E-state index in [0.29, 0.717) is 28.7 Å². The van der Waals surface area contributed by atoms with Gasteiger partial charge in [0.1, 0.15) is 5.75 Å². The Morgan fingerprint density at radius 1 is 0.862 bits per heavy atom. The standard InChI is InChI=1S/C22H18N6O/c1-29-19-9-5-4-8-18(19)22-26-25-21-17-7-3-2-6-16(17)20(27-28(21)22)24-15-12-10-14(23)11-13-15/h2-13H,23H2,1H3,(H,24,27). The van der Waals surface area contributed by atoms with E-state index < -0.39 is 0 Å². The number of ether oxygens (including phenoxy) is 1. The number of nitrogens with two attached hydrogens (primary N) is 1. The Balaban J connectivity index is 1.75. The third-order valence-electron chi connectivity index (χ3n) is 4.79. The molecule has 7 nitrogen and oxygen atoms in total. The van der Waals surface area contributed by atoms with Crippen LogP contribution in [0.15, 0.2) is 72.8 Å². The van der Waals surface area contributed by atoms with Crippen LogP contribution in [0, 0.1) is 0 Å². The quantitative estimate of drug-likeness (QED) is 0.451. The molecule has 3 aromatic carbocycles. The minimum absolute atomic E-state index is 0.614. The summed E-state index contributed by atoms with van der Waals surface area (Å²) in [7, 11) is 1.64. The molecule has 29 heavy (non-hydrogen) atoms. The van der Waals surface area contributed by atoms with E-state index in [1.807, 2.05) is 72.8 Å². The lowest BCUT2D eigenvalue weighted by Crippen LogP contribution is -2.03. The first-order chi connectivity index (χ1) is 14.2. The van der Waals surface area contributed by atoms with E-state index in [1.165, 1.54) is 0 Å². The topological polar surface area (TPSA) is 90.4 Å². The molecule has 2 aromatic heterocycles. The number of nitrogens with zero attached hydrogens (tertiary/aromatic N) is 4. The number of nitrogen functional groups attached to an aromatic ring is 1. The zero-order valence-electron chi connectivity index (χ0n) is 15.7. The van der Waals surface area contributed by atoms with E-state index in [9.17, 15) is 0 Å². The Kier molecular flexibility index (Phi) is 3.98. The summed E-state index contributed by atoms with van der Waals surface area (Å²) in [6.45, 7) is 0. The highest BCUT2D eigenvalue weighted by Crippen LogP contribution is 2.32. The second-order valence-electron chi connectivity index (χ2n) is 6.60. The fourth-order valence-electron chi connectivity index (χ4n) is 3.37. The van der Waals surface area contributed by atoms with Crippen molar-refractivity contribution in [2.45, 2.75) is 0 Å². The van der Waals surface area contributed by atoms with Gasteiger partial charge in [0, 0.05) is 22.1 Å². The van der Waals surface area contributed by atoms with Crippen molar-refractivity contribution in [2.24, 2.45) is 0 Å². The van der Waals surface area contributed by atoms with Crippen molar-refractivity contribution in [1.29, 1.82) is 0 Å². The van der Waals surface area contributed by atoms with Gasteiger partial charge in [-0.15, -0.1) is 15.3 Å². The van der Waals surface area contributed by atoms with Crippen LogP contribution < -0.4 is 15.8 Å². The van der Waals surface area contributed by atoms with Gasteiger partial charge >= 0.3 is 0 Å². The monoisotopic (exact) mass is 382 g/mol. The number of benzene rings is 3. The van der Waals surface area contributed by atoms with Gasteiger partial charge in [-0.3, -0.25) is 0 Å². The lowest BCUT2D eigenvalue weighted by atomic mass is 10.1. The Bertz CT molecular complexity index is 1330. The van der Waals surface area contributed by atoms with Crippen molar-refractivity contribution in [3.8, 4) is 17.1 Å². The highest BCUT2D eigenvalue weighted by atomic mass is 16.5. The second kappa shape index (κ2) is 6.79. The number of methoxy groups -OCH3 is 1. The Morgan fingerprint density at radius 3 is 2.38 bits per heavy atom. The van der Waals surface area contributed by atoms with Crippen LogP contribution in [0.5, 0.6) is 5.75 Å². The molecule has 0 aliphatic rings. The molecule has 0 atom stereocenters. The first-order valence-electron chi connectivity index (χ1n) is 9.15. The average Bonchev–Trinajstić information content (AvgIpc) is 3.19. The van der Waals surface area contributed by atoms with E-state index in [4.69, 9.17) is 15.6 Å². The molecule has 142 valence electrons. The Labute approximate surface area is 166 Å². The maximum absolute atomic E-state index is 5.81. The Morgan fingerprint density at radius 2 is 1.59 bits per heavy atom. The van der Waals surface area contributed by atoms with Gasteiger partial charge in [0.05, 0.1) is 12.7 Å². The molecule has 0 aliphatic heterocycles. The molecule has 0 saturated carbocycles. The van der Waals surface area contributed by atoms with Crippen molar-refractivity contribution in [3.63, 3.8) is 0 Å². The molecule has 0 spiro atoms. The molecule has 0 fully saturated rings. The van der Waals surface area contributed by atoms with E-state index in [0.717, 1.165) is 22.0 Å². The number of para-hydroxylation sites is 1. The molecule has 0 radical (unpaired) electrons. The molecule has 0 saturated heterocycles. The molecule has 0 unspecified atom stereocenters. The molecular formula is C22H18N6O. The van der Waals surface area contributed by atoms with E-state index >= 15 is 0 Å². The third kappa shape index (κ3) is 2.89.